The monoisotopic (exact) mass is 382 g/mol. The highest BCUT2D eigenvalue weighted by atomic mass is 32.2. The van der Waals surface area contributed by atoms with Crippen molar-refractivity contribution < 1.29 is 22.7 Å². The van der Waals surface area contributed by atoms with E-state index >= 15 is 0 Å². The first kappa shape index (κ1) is 19.3. The zero-order valence-electron chi connectivity index (χ0n) is 13.8. The molecule has 2 aromatic rings. The van der Waals surface area contributed by atoms with E-state index in [4.69, 9.17) is 9.88 Å². The van der Waals surface area contributed by atoms with Crippen LogP contribution < -0.4 is 5.14 Å². The van der Waals surface area contributed by atoms with Gasteiger partial charge in [0.1, 0.15) is 6.61 Å². The smallest absolute Gasteiger partial charge is 0.338 e. The van der Waals surface area contributed by atoms with E-state index in [1.807, 2.05) is 19.0 Å². The molecule has 0 radical (unpaired) electrons. The molecule has 0 fully saturated rings. The first-order valence-corrected chi connectivity index (χ1v) is 9.69. The average Bonchev–Trinajstić information content (AvgIpc) is 3.04. The number of hydrogen-bond acceptors (Lipinski definition) is 7. The molecule has 9 heteroatoms. The molecule has 0 aliphatic carbocycles. The number of sulfonamides is 1. The molecule has 0 saturated carbocycles. The molecule has 134 valence electrons. The van der Waals surface area contributed by atoms with Crippen molar-refractivity contribution in [3.05, 3.63) is 51.7 Å². The number of thiophene rings is 1. The van der Waals surface area contributed by atoms with E-state index in [1.165, 1.54) is 35.7 Å². The maximum atomic E-state index is 12.4. The summed E-state index contributed by atoms with van der Waals surface area (Å²) in [4.78, 5) is 26.3. The van der Waals surface area contributed by atoms with Crippen LogP contribution in [-0.2, 0) is 14.8 Å². The van der Waals surface area contributed by atoms with Crippen molar-refractivity contribution in [2.45, 2.75) is 4.90 Å². The third kappa shape index (κ3) is 5.20. The number of ketones is 1. The largest absolute Gasteiger partial charge is 0.461 e. The van der Waals surface area contributed by atoms with Crippen molar-refractivity contribution in [2.24, 2.45) is 5.14 Å². The van der Waals surface area contributed by atoms with Crippen molar-refractivity contribution in [1.82, 2.24) is 4.90 Å². The van der Waals surface area contributed by atoms with Gasteiger partial charge in [0.05, 0.1) is 15.3 Å². The molecule has 0 saturated heterocycles. The van der Waals surface area contributed by atoms with E-state index in [9.17, 15) is 18.0 Å². The van der Waals surface area contributed by atoms with Gasteiger partial charge in [-0.3, -0.25) is 4.79 Å². The van der Waals surface area contributed by atoms with Crippen LogP contribution in [-0.4, -0.2) is 52.3 Å². The number of carbonyl (C=O) groups is 2. The number of likely N-dealkylation sites (N-methyl/N-ethyl adjacent to an activating group) is 1. The number of rotatable bonds is 7. The van der Waals surface area contributed by atoms with E-state index in [0.717, 1.165) is 11.3 Å². The number of ether oxygens (including phenoxy) is 1. The summed E-state index contributed by atoms with van der Waals surface area (Å²) in [7, 11) is -0.0869. The minimum atomic E-state index is -3.84. The first-order chi connectivity index (χ1) is 11.7. The predicted octanol–water partition coefficient (Wildman–Crippen LogP) is 1.34. The Balaban J connectivity index is 2.07. The van der Waals surface area contributed by atoms with Crippen LogP contribution in [0.2, 0.25) is 0 Å². The summed E-state index contributed by atoms with van der Waals surface area (Å²) in [5.41, 5.74) is 0.680. The van der Waals surface area contributed by atoms with Gasteiger partial charge in [0, 0.05) is 17.5 Å². The van der Waals surface area contributed by atoms with Crippen LogP contribution >= 0.6 is 11.3 Å². The van der Waals surface area contributed by atoms with E-state index in [0.29, 0.717) is 17.7 Å². The second kappa shape index (κ2) is 7.87. The lowest BCUT2D eigenvalue weighted by Gasteiger charge is -2.10. The molecule has 7 nitrogen and oxygen atoms in total. The second-order valence-electron chi connectivity index (χ2n) is 5.54. The number of benzene rings is 1. The highest BCUT2D eigenvalue weighted by Gasteiger charge is 2.17. The Morgan fingerprint density at radius 3 is 2.28 bits per heavy atom. The molecule has 0 bridgehead atoms. The Hall–Kier alpha value is -2.07. The first-order valence-electron chi connectivity index (χ1n) is 7.26. The summed E-state index contributed by atoms with van der Waals surface area (Å²) < 4.78 is 27.7. The van der Waals surface area contributed by atoms with Gasteiger partial charge in [0.15, 0.2) is 0 Å². The van der Waals surface area contributed by atoms with Crippen LogP contribution in [0.3, 0.4) is 0 Å². The Bertz CT molecular complexity index is 870. The lowest BCUT2D eigenvalue weighted by molar-refractivity contribution is 0.0481. The van der Waals surface area contributed by atoms with Gasteiger partial charge in [-0.25, -0.2) is 18.4 Å². The molecule has 0 amide bonds. The summed E-state index contributed by atoms with van der Waals surface area (Å²) in [6.45, 7) is 0.894. The molecular formula is C16H18N2O5S2. The van der Waals surface area contributed by atoms with Gasteiger partial charge in [0.25, 0.3) is 0 Å². The SMILES string of the molecule is CN(C)CCOC(=O)c1ccc(C(=O)c2cc(S(N)(=O)=O)cs2)cc1. The number of carbonyl (C=O) groups excluding carboxylic acids is 2. The fourth-order valence-electron chi connectivity index (χ4n) is 1.89. The van der Waals surface area contributed by atoms with Gasteiger partial charge in [0.2, 0.25) is 15.8 Å². The number of nitrogens with zero attached hydrogens (tertiary/aromatic N) is 1. The van der Waals surface area contributed by atoms with Crippen molar-refractivity contribution >= 4 is 33.1 Å². The minimum absolute atomic E-state index is 0.0954. The number of hydrogen-bond donors (Lipinski definition) is 1. The van der Waals surface area contributed by atoms with Crippen LogP contribution in [0.15, 0.2) is 40.6 Å². The maximum Gasteiger partial charge on any atom is 0.338 e. The van der Waals surface area contributed by atoms with Crippen molar-refractivity contribution in [1.29, 1.82) is 0 Å². The Morgan fingerprint density at radius 2 is 1.76 bits per heavy atom. The molecule has 2 N–H and O–H groups in total. The highest BCUT2D eigenvalue weighted by Crippen LogP contribution is 2.21. The van der Waals surface area contributed by atoms with Gasteiger partial charge in [-0.1, -0.05) is 12.1 Å². The van der Waals surface area contributed by atoms with Crippen molar-refractivity contribution in [3.63, 3.8) is 0 Å². The zero-order valence-corrected chi connectivity index (χ0v) is 15.4. The van der Waals surface area contributed by atoms with Crippen LogP contribution in [0, 0.1) is 0 Å². The quantitative estimate of drug-likeness (QED) is 0.572. The predicted molar refractivity (Wildman–Crippen MR) is 94.4 cm³/mol. The summed E-state index contributed by atoms with van der Waals surface area (Å²) in [5.74, 6) is -0.805. The van der Waals surface area contributed by atoms with E-state index in [2.05, 4.69) is 0 Å². The standard InChI is InChI=1S/C16H18N2O5S2/c1-18(2)7-8-23-16(20)12-5-3-11(4-6-12)15(19)14-9-13(10-24-14)25(17,21)22/h3-6,9-10H,7-8H2,1-2H3,(H2,17,21,22). The van der Waals surface area contributed by atoms with Gasteiger partial charge in [-0.05, 0) is 32.3 Å². The zero-order chi connectivity index (χ0) is 18.6. The topological polar surface area (TPSA) is 107 Å². The molecule has 1 aromatic carbocycles. The Labute approximate surface area is 150 Å². The van der Waals surface area contributed by atoms with Crippen molar-refractivity contribution in [2.75, 3.05) is 27.2 Å². The summed E-state index contributed by atoms with van der Waals surface area (Å²) in [5, 5.41) is 6.35. The molecule has 0 spiro atoms. The van der Waals surface area contributed by atoms with Crippen LogP contribution in [0.25, 0.3) is 0 Å². The number of nitrogens with two attached hydrogens (primary N) is 1. The van der Waals surface area contributed by atoms with Gasteiger partial charge >= 0.3 is 5.97 Å². The van der Waals surface area contributed by atoms with E-state index in [1.54, 1.807) is 0 Å². The Kier molecular flexibility index (Phi) is 6.07. The fraction of sp³-hybridized carbons (Fsp3) is 0.250. The van der Waals surface area contributed by atoms with Gasteiger partial charge in [-0.15, -0.1) is 11.3 Å². The summed E-state index contributed by atoms with van der Waals surface area (Å²) in [6, 6.07) is 7.24. The summed E-state index contributed by atoms with van der Waals surface area (Å²) in [6.07, 6.45) is 0. The van der Waals surface area contributed by atoms with Crippen molar-refractivity contribution in [3.8, 4) is 0 Å². The van der Waals surface area contributed by atoms with Crippen LogP contribution in [0.4, 0.5) is 0 Å². The van der Waals surface area contributed by atoms with Crippen LogP contribution in [0.5, 0.6) is 0 Å². The van der Waals surface area contributed by atoms with Crippen LogP contribution in [0.1, 0.15) is 25.6 Å². The molecule has 0 aliphatic heterocycles. The molecule has 0 atom stereocenters. The lowest BCUT2D eigenvalue weighted by atomic mass is 10.1. The molecule has 1 heterocycles. The minimum Gasteiger partial charge on any atom is -0.461 e. The summed E-state index contributed by atoms with van der Waals surface area (Å²) >= 11 is 0.999. The average molecular weight is 382 g/mol. The fourth-order valence-corrected chi connectivity index (χ4v) is 3.66. The molecular weight excluding hydrogens is 364 g/mol. The molecule has 25 heavy (non-hydrogen) atoms. The second-order valence-corrected chi connectivity index (χ2v) is 8.01. The van der Waals surface area contributed by atoms with Gasteiger partial charge in [-0.2, -0.15) is 0 Å². The molecule has 0 aliphatic rings. The van der Waals surface area contributed by atoms with E-state index in [-0.39, 0.29) is 22.2 Å². The molecule has 2 rings (SSSR count). The van der Waals surface area contributed by atoms with E-state index < -0.39 is 16.0 Å². The lowest BCUT2D eigenvalue weighted by Crippen LogP contribution is -2.20. The maximum absolute atomic E-state index is 12.4. The number of primary sulfonamides is 1. The van der Waals surface area contributed by atoms with Gasteiger partial charge < -0.3 is 9.64 Å². The third-order valence-corrected chi connectivity index (χ3v) is 5.25. The number of esters is 1. The molecule has 1 aromatic heterocycles. The Morgan fingerprint density at radius 1 is 1.16 bits per heavy atom. The third-order valence-electron chi connectivity index (χ3n) is 3.28. The highest BCUT2D eigenvalue weighted by molar-refractivity contribution is 7.89. The normalized spacial score (nSPS) is 11.5. The molecule has 0 unspecified atom stereocenters.